The molecule has 0 bridgehead atoms. The summed E-state index contributed by atoms with van der Waals surface area (Å²) in [5.41, 5.74) is 1.98. The molecule has 0 saturated heterocycles. The molecule has 2 rings (SSSR count). The van der Waals surface area contributed by atoms with Crippen molar-refractivity contribution in [2.75, 3.05) is 10.6 Å². The molecule has 0 spiro atoms. The number of hydrazine groups is 1. The number of urea groups is 1. The minimum atomic E-state index is -0.841. The first kappa shape index (κ1) is 16.7. The third-order valence-electron chi connectivity index (χ3n) is 2.73. The fourth-order valence-electron chi connectivity index (χ4n) is 1.81. The summed E-state index contributed by atoms with van der Waals surface area (Å²) in [6.07, 6.45) is 0. The van der Waals surface area contributed by atoms with Crippen molar-refractivity contribution in [3.05, 3.63) is 58.6 Å². The quantitative estimate of drug-likeness (QED) is 0.393. The molecule has 6 nitrogen and oxygen atoms in total. The van der Waals surface area contributed by atoms with E-state index in [1.165, 1.54) is 18.2 Å². The molecule has 2 aromatic carbocycles. The molecule has 3 amide bonds. The summed E-state index contributed by atoms with van der Waals surface area (Å²) in [5, 5.41) is 4.87. The maximum Gasteiger partial charge on any atom is 0.323 e. The monoisotopic (exact) mass is 340 g/mol. The van der Waals surface area contributed by atoms with Crippen LogP contribution in [0.2, 0.25) is 5.02 Å². The minimum Gasteiger partial charge on any atom is -0.308 e. The zero-order chi connectivity index (χ0) is 17.0. The van der Waals surface area contributed by atoms with Crippen LogP contribution in [0.4, 0.5) is 25.0 Å². The van der Waals surface area contributed by atoms with Gasteiger partial charge in [0.2, 0.25) is 0 Å². The van der Waals surface area contributed by atoms with Gasteiger partial charge in [-0.15, -0.1) is 0 Å². The van der Waals surface area contributed by atoms with Crippen molar-refractivity contribution in [3.8, 4) is 0 Å². The molecule has 0 atom stereocenters. The summed E-state index contributed by atoms with van der Waals surface area (Å²) in [7, 11) is 0. The van der Waals surface area contributed by atoms with Crippen LogP contribution in [0.25, 0.3) is 0 Å². The molecule has 0 saturated carbocycles. The van der Waals surface area contributed by atoms with Gasteiger partial charge in [0.05, 0.1) is 11.3 Å². The van der Waals surface area contributed by atoms with Crippen LogP contribution < -0.4 is 21.9 Å². The largest absolute Gasteiger partial charge is 0.323 e. The van der Waals surface area contributed by atoms with E-state index in [1.807, 2.05) is 5.43 Å². The van der Waals surface area contributed by atoms with Gasteiger partial charge in [-0.3, -0.25) is 10.2 Å². The molecular formula is C14H11ClF2N4O2. The van der Waals surface area contributed by atoms with Crippen molar-refractivity contribution < 1.29 is 18.4 Å². The van der Waals surface area contributed by atoms with Gasteiger partial charge in [0, 0.05) is 16.8 Å². The number of nitrogens with two attached hydrogens (primary N) is 1. The molecule has 0 aliphatic heterocycles. The van der Waals surface area contributed by atoms with E-state index in [4.69, 9.17) is 17.4 Å². The lowest BCUT2D eigenvalue weighted by molar-refractivity contribution is 0.0954. The average Bonchev–Trinajstić information content (AvgIpc) is 2.45. The maximum atomic E-state index is 13.1. The zero-order valence-corrected chi connectivity index (χ0v) is 12.2. The topological polar surface area (TPSA) is 96.2 Å². The van der Waals surface area contributed by atoms with Crippen LogP contribution in [0.15, 0.2) is 36.4 Å². The third kappa shape index (κ3) is 4.38. The number of anilines is 2. The molecule has 0 unspecified atom stereocenters. The van der Waals surface area contributed by atoms with Gasteiger partial charge >= 0.3 is 6.03 Å². The van der Waals surface area contributed by atoms with Crippen LogP contribution in [0.5, 0.6) is 0 Å². The molecule has 2 aromatic rings. The summed E-state index contributed by atoms with van der Waals surface area (Å²) in [6.45, 7) is 0. The van der Waals surface area contributed by atoms with Gasteiger partial charge < -0.3 is 10.6 Å². The van der Waals surface area contributed by atoms with Gasteiger partial charge in [-0.2, -0.15) is 0 Å². The van der Waals surface area contributed by atoms with Crippen molar-refractivity contribution in [1.82, 2.24) is 5.43 Å². The Balaban J connectivity index is 2.19. The molecule has 0 aromatic heterocycles. The highest BCUT2D eigenvalue weighted by Gasteiger charge is 2.14. The predicted octanol–water partition coefficient (Wildman–Crippen LogP) is 2.87. The van der Waals surface area contributed by atoms with Crippen LogP contribution in [0.1, 0.15) is 10.4 Å². The second-order valence-electron chi connectivity index (χ2n) is 4.40. The van der Waals surface area contributed by atoms with Gasteiger partial charge in [0.15, 0.2) is 0 Å². The summed E-state index contributed by atoms with van der Waals surface area (Å²) in [6, 6.07) is 5.87. The Morgan fingerprint density at radius 2 is 1.65 bits per heavy atom. The number of amides is 3. The van der Waals surface area contributed by atoms with Crippen LogP contribution in [0, 0.1) is 11.6 Å². The third-order valence-corrected chi connectivity index (χ3v) is 2.96. The van der Waals surface area contributed by atoms with Crippen LogP contribution >= 0.6 is 11.6 Å². The Bertz CT molecular complexity index is 750. The first-order valence-corrected chi connectivity index (χ1v) is 6.61. The molecular weight excluding hydrogens is 330 g/mol. The zero-order valence-electron chi connectivity index (χ0n) is 11.5. The molecule has 120 valence electrons. The van der Waals surface area contributed by atoms with Gasteiger partial charge in [-0.1, -0.05) is 11.6 Å². The normalized spacial score (nSPS) is 10.1. The number of nitrogen functional groups attached to an aromatic ring is 1. The van der Waals surface area contributed by atoms with E-state index >= 15 is 0 Å². The van der Waals surface area contributed by atoms with Crippen molar-refractivity contribution in [2.24, 2.45) is 5.84 Å². The number of carbonyl (C=O) groups excluding carboxylic acids is 2. The van der Waals surface area contributed by atoms with Crippen LogP contribution in [0.3, 0.4) is 0 Å². The van der Waals surface area contributed by atoms with E-state index in [1.54, 1.807) is 0 Å². The number of rotatable bonds is 3. The van der Waals surface area contributed by atoms with Crippen LogP contribution in [-0.4, -0.2) is 11.9 Å². The van der Waals surface area contributed by atoms with Crippen molar-refractivity contribution >= 4 is 34.9 Å². The van der Waals surface area contributed by atoms with Crippen molar-refractivity contribution in [2.45, 2.75) is 0 Å². The van der Waals surface area contributed by atoms with E-state index in [-0.39, 0.29) is 22.0 Å². The van der Waals surface area contributed by atoms with E-state index in [9.17, 15) is 18.4 Å². The Hall–Kier alpha value is -2.71. The summed E-state index contributed by atoms with van der Waals surface area (Å²) >= 11 is 5.82. The van der Waals surface area contributed by atoms with E-state index in [0.29, 0.717) is 6.07 Å². The smallest absolute Gasteiger partial charge is 0.308 e. The summed E-state index contributed by atoms with van der Waals surface area (Å²) < 4.78 is 26.2. The number of hydrogen-bond acceptors (Lipinski definition) is 3. The lowest BCUT2D eigenvalue weighted by Gasteiger charge is -2.12. The lowest BCUT2D eigenvalue weighted by Crippen LogP contribution is -2.31. The van der Waals surface area contributed by atoms with Gasteiger partial charge in [0.25, 0.3) is 5.91 Å². The Morgan fingerprint density at radius 1 is 1.00 bits per heavy atom. The molecule has 0 aliphatic carbocycles. The second kappa shape index (κ2) is 7.03. The molecule has 0 fully saturated rings. The predicted molar refractivity (Wildman–Crippen MR) is 82.1 cm³/mol. The highest BCUT2D eigenvalue weighted by Crippen LogP contribution is 2.21. The van der Waals surface area contributed by atoms with Crippen molar-refractivity contribution in [3.63, 3.8) is 0 Å². The van der Waals surface area contributed by atoms with Crippen LogP contribution in [-0.2, 0) is 0 Å². The fraction of sp³-hybridized carbons (Fsp3) is 0. The molecule has 0 aliphatic rings. The Morgan fingerprint density at radius 3 is 2.26 bits per heavy atom. The first-order chi connectivity index (χ1) is 10.9. The number of hydrogen-bond donors (Lipinski definition) is 4. The Labute approximate surface area is 134 Å². The second-order valence-corrected chi connectivity index (χ2v) is 4.84. The van der Waals surface area contributed by atoms with Gasteiger partial charge in [0.1, 0.15) is 11.6 Å². The average molecular weight is 341 g/mol. The SMILES string of the molecule is NNC(=O)c1ccc(Cl)cc1NC(=O)Nc1cc(F)cc(F)c1. The van der Waals surface area contributed by atoms with Gasteiger partial charge in [-0.25, -0.2) is 19.4 Å². The first-order valence-electron chi connectivity index (χ1n) is 6.23. The molecule has 0 heterocycles. The number of benzene rings is 2. The number of nitrogens with one attached hydrogen (secondary N) is 3. The molecule has 9 heteroatoms. The van der Waals surface area contributed by atoms with Crippen molar-refractivity contribution in [1.29, 1.82) is 0 Å². The molecule has 5 N–H and O–H groups in total. The standard InChI is InChI=1S/C14H11ClF2N4O2/c15-7-1-2-11(13(22)21-18)12(3-7)20-14(23)19-10-5-8(16)4-9(17)6-10/h1-6H,18H2,(H,21,22)(H2,19,20,23). The van der Waals surface area contributed by atoms with E-state index in [0.717, 1.165) is 12.1 Å². The molecule has 23 heavy (non-hydrogen) atoms. The summed E-state index contributed by atoms with van der Waals surface area (Å²) in [4.78, 5) is 23.5. The maximum absolute atomic E-state index is 13.1. The number of halogens is 3. The fourth-order valence-corrected chi connectivity index (χ4v) is 1.98. The highest BCUT2D eigenvalue weighted by molar-refractivity contribution is 6.31. The van der Waals surface area contributed by atoms with E-state index in [2.05, 4.69) is 10.6 Å². The minimum absolute atomic E-state index is 0.0671. The Kier molecular flexibility index (Phi) is 5.09. The number of carbonyl (C=O) groups is 2. The van der Waals surface area contributed by atoms with Gasteiger partial charge in [-0.05, 0) is 30.3 Å². The highest BCUT2D eigenvalue weighted by atomic mass is 35.5. The van der Waals surface area contributed by atoms with E-state index < -0.39 is 23.6 Å². The summed E-state index contributed by atoms with van der Waals surface area (Å²) in [5.74, 6) is 2.73. The lowest BCUT2D eigenvalue weighted by atomic mass is 10.1. The molecule has 0 radical (unpaired) electrons.